The maximum atomic E-state index is 10.4. The number of aromatic hydroxyl groups is 1. The van der Waals surface area contributed by atoms with Crippen LogP contribution in [0.3, 0.4) is 0 Å². The number of phenols is 1. The van der Waals surface area contributed by atoms with E-state index in [1.165, 1.54) is 12.1 Å². The van der Waals surface area contributed by atoms with E-state index in [2.05, 4.69) is 0 Å². The van der Waals surface area contributed by atoms with Gasteiger partial charge in [0.25, 0.3) is 0 Å². The first-order chi connectivity index (χ1) is 6.09. The Morgan fingerprint density at radius 1 is 1.38 bits per heavy atom. The number of carbonyl (C=O) groups is 1. The standard InChI is InChI=1S/C9H11NO3/c10-8(9(12)13)5-6-1-3-7(11)4-2-6/h1-4,8,11H,5,10H2,(H,12,13)/t8-/m0/s1/i1+2,2+2,3+2,4+2,6+2,7+2. The van der Waals surface area contributed by atoms with E-state index in [4.69, 9.17) is 15.9 Å². The molecule has 0 radical (unpaired) electrons. The number of carboxylic acid groups (broad SMARTS) is 1. The average Bonchev–Trinajstić information content (AvgIpc) is 2.08. The lowest BCUT2D eigenvalue weighted by Crippen LogP contribution is -2.32. The summed E-state index contributed by atoms with van der Waals surface area (Å²) < 4.78 is 0. The molecule has 0 aliphatic heterocycles. The molecule has 4 nitrogen and oxygen atoms in total. The largest absolute Gasteiger partial charge is 0.508 e. The molecule has 1 aromatic carbocycles. The molecule has 0 heterocycles. The first kappa shape index (κ1) is 9.54. The van der Waals surface area contributed by atoms with Crippen molar-refractivity contribution < 1.29 is 15.0 Å². The smallest absolute Gasteiger partial charge is 0.320 e. The number of nitrogens with two attached hydrogens (primary N) is 1. The Morgan fingerprint density at radius 3 is 2.38 bits per heavy atom. The van der Waals surface area contributed by atoms with Crippen LogP contribution in [0.4, 0.5) is 0 Å². The highest BCUT2D eigenvalue weighted by Gasteiger charge is 2.11. The van der Waals surface area contributed by atoms with E-state index in [-0.39, 0.29) is 12.2 Å². The van der Waals surface area contributed by atoms with Crippen LogP contribution in [0, 0.1) is 0 Å². The summed E-state index contributed by atoms with van der Waals surface area (Å²) in [7, 11) is 0. The maximum absolute atomic E-state index is 10.4. The number of hydrogen-bond acceptors (Lipinski definition) is 3. The molecule has 1 rings (SSSR count). The second kappa shape index (κ2) is 3.91. The molecule has 0 spiro atoms. The zero-order chi connectivity index (χ0) is 9.84. The number of rotatable bonds is 3. The predicted molar refractivity (Wildman–Crippen MR) is 47.4 cm³/mol. The lowest BCUT2D eigenvalue weighted by molar-refractivity contribution is -0.138. The molecule has 13 heavy (non-hydrogen) atoms. The Labute approximate surface area is 75.6 Å². The highest BCUT2D eigenvalue weighted by atomic mass is 16.5. The first-order valence-electron chi connectivity index (χ1n) is 3.86. The molecule has 0 aromatic heterocycles. The normalized spacial score (nSPS) is 12.4. The van der Waals surface area contributed by atoms with E-state index in [9.17, 15) is 4.79 Å². The molecule has 1 atom stereocenters. The first-order valence-corrected chi connectivity index (χ1v) is 3.86. The lowest BCUT2D eigenvalue weighted by atomic mass is 10.3. The lowest BCUT2D eigenvalue weighted by Gasteiger charge is -2.05. The summed E-state index contributed by atoms with van der Waals surface area (Å²) in [6.45, 7) is 0. The number of aliphatic carboxylic acids is 1. The molecular formula is C9H11NO3. The summed E-state index contributed by atoms with van der Waals surface area (Å²) in [5.74, 6) is -0.860. The molecule has 0 aliphatic carbocycles. The molecule has 4 heteroatoms. The van der Waals surface area contributed by atoms with Gasteiger partial charge in [-0.05, 0) is 24.1 Å². The van der Waals surface area contributed by atoms with Crippen molar-refractivity contribution in [2.45, 2.75) is 12.5 Å². The van der Waals surface area contributed by atoms with Crippen LogP contribution >= 0.6 is 0 Å². The number of hydrogen-bond donors (Lipinski definition) is 3. The van der Waals surface area contributed by atoms with Gasteiger partial charge >= 0.3 is 5.97 Å². The van der Waals surface area contributed by atoms with Crippen LogP contribution in [-0.4, -0.2) is 22.2 Å². The minimum absolute atomic E-state index is 0.160. The Hall–Kier alpha value is -1.55. The van der Waals surface area contributed by atoms with Crippen LogP contribution < -0.4 is 5.73 Å². The summed E-state index contributed by atoms with van der Waals surface area (Å²) in [6, 6.07) is 5.42. The van der Waals surface area contributed by atoms with Crippen molar-refractivity contribution in [1.82, 2.24) is 0 Å². The van der Waals surface area contributed by atoms with Gasteiger partial charge in [0.15, 0.2) is 0 Å². The van der Waals surface area contributed by atoms with E-state index in [0.29, 0.717) is 0 Å². The van der Waals surface area contributed by atoms with E-state index in [0.717, 1.165) is 5.56 Å². The average molecular weight is 193 g/mol. The predicted octanol–water partition coefficient (Wildman–Crippen LogP) is 0.347. The molecule has 4 N–H and O–H groups in total. The number of phenolic OH excluding ortho intramolecular Hbond substituents is 1. The van der Waals surface area contributed by atoms with Crippen molar-refractivity contribution in [1.29, 1.82) is 0 Å². The van der Waals surface area contributed by atoms with Crippen LogP contribution in [-0.2, 0) is 11.2 Å². The molecule has 0 amide bonds. The second-order valence-electron chi connectivity index (χ2n) is 2.82. The monoisotopic (exact) mass is 193 g/mol. The van der Waals surface area contributed by atoms with Crippen molar-refractivity contribution in [3.63, 3.8) is 0 Å². The van der Waals surface area contributed by atoms with Crippen LogP contribution in [0.2, 0.25) is 0 Å². The van der Waals surface area contributed by atoms with Crippen LogP contribution in [0.1, 0.15) is 5.56 Å². The third-order valence-electron chi connectivity index (χ3n) is 1.71. The topological polar surface area (TPSA) is 83.5 Å². The van der Waals surface area contributed by atoms with Gasteiger partial charge in [-0.15, -0.1) is 0 Å². The Morgan fingerprint density at radius 2 is 1.92 bits per heavy atom. The molecule has 70 valence electrons. The molecule has 1 aromatic rings. The Balaban J connectivity index is 2.64. The fourth-order valence-corrected chi connectivity index (χ4v) is 0.973. The summed E-state index contributed by atoms with van der Waals surface area (Å²) in [4.78, 5) is 10.4. The number of benzene rings is 1. The van der Waals surface area contributed by atoms with E-state index < -0.39 is 12.0 Å². The molecule has 0 saturated carbocycles. The molecule has 0 saturated heterocycles. The fourth-order valence-electron chi connectivity index (χ4n) is 0.973. The summed E-state index contributed by atoms with van der Waals surface area (Å²) in [5, 5.41) is 17.5. The minimum Gasteiger partial charge on any atom is -0.508 e. The van der Waals surface area contributed by atoms with E-state index in [1.807, 2.05) is 0 Å². The minimum atomic E-state index is -1.02. The molecular weight excluding hydrogens is 182 g/mol. The zero-order valence-electron chi connectivity index (χ0n) is 6.97. The van der Waals surface area contributed by atoms with Gasteiger partial charge in [0.1, 0.15) is 11.8 Å². The molecule has 0 fully saturated rings. The van der Waals surface area contributed by atoms with Gasteiger partial charge in [0.05, 0.1) is 0 Å². The molecule has 0 unspecified atom stereocenters. The van der Waals surface area contributed by atoms with Gasteiger partial charge in [-0.1, -0.05) is 12.1 Å². The SMILES string of the molecule is N[C@@H](C[14c]1[14cH][14cH][14c](O)[14cH][14cH]1)C(=O)O. The van der Waals surface area contributed by atoms with Gasteiger partial charge in [0.2, 0.25) is 0 Å². The molecule has 0 aliphatic rings. The van der Waals surface area contributed by atoms with Crippen molar-refractivity contribution in [2.75, 3.05) is 0 Å². The summed E-state index contributed by atoms with van der Waals surface area (Å²) in [5.41, 5.74) is 6.12. The zero-order valence-corrected chi connectivity index (χ0v) is 6.97. The van der Waals surface area contributed by atoms with Crippen LogP contribution in [0.25, 0.3) is 0 Å². The van der Waals surface area contributed by atoms with Gasteiger partial charge in [-0.25, -0.2) is 0 Å². The van der Waals surface area contributed by atoms with Crippen molar-refractivity contribution in [2.24, 2.45) is 5.73 Å². The molecule has 0 bridgehead atoms. The Kier molecular flexibility index (Phi) is 2.87. The highest BCUT2D eigenvalue weighted by molar-refractivity contribution is 5.73. The quantitative estimate of drug-likeness (QED) is 0.646. The third-order valence-corrected chi connectivity index (χ3v) is 1.71. The third kappa shape index (κ3) is 2.76. The second-order valence-corrected chi connectivity index (χ2v) is 2.82. The van der Waals surface area contributed by atoms with E-state index in [1.54, 1.807) is 12.1 Å². The van der Waals surface area contributed by atoms with E-state index >= 15 is 0 Å². The maximum Gasteiger partial charge on any atom is 0.320 e. The highest BCUT2D eigenvalue weighted by Crippen LogP contribution is 2.10. The fraction of sp³-hybridized carbons (Fsp3) is 0.222. The van der Waals surface area contributed by atoms with Gasteiger partial charge in [0, 0.05) is 0 Å². The van der Waals surface area contributed by atoms with Gasteiger partial charge < -0.3 is 15.9 Å². The summed E-state index contributed by atoms with van der Waals surface area (Å²) >= 11 is 0. The van der Waals surface area contributed by atoms with Crippen LogP contribution in [0.15, 0.2) is 24.3 Å². The van der Waals surface area contributed by atoms with Gasteiger partial charge in [-0.3, -0.25) is 4.79 Å². The Bertz CT molecular complexity index is 294. The van der Waals surface area contributed by atoms with Gasteiger partial charge in [-0.2, -0.15) is 0 Å². The van der Waals surface area contributed by atoms with Crippen LogP contribution in [0.5, 0.6) is 5.75 Å². The van der Waals surface area contributed by atoms with Crippen molar-refractivity contribution in [3.05, 3.63) is 29.8 Å². The van der Waals surface area contributed by atoms with Crippen molar-refractivity contribution >= 4 is 5.97 Å². The number of carboxylic acids is 1. The van der Waals surface area contributed by atoms with Crippen molar-refractivity contribution in [3.8, 4) is 5.75 Å². The summed E-state index contributed by atoms with van der Waals surface area (Å²) in [6.07, 6.45) is 0.273.